The molecular weight excluding hydrogens is 324 g/mol. The molecule has 1 aliphatic rings. The molecule has 112 valence electrons. The maximum atomic E-state index is 10.7. The Bertz CT molecular complexity index is 469. The Hall–Kier alpha value is -0.780. The normalized spacial score (nSPS) is 19.4. The highest BCUT2D eigenvalue weighted by atomic mass is 79.9. The fourth-order valence-corrected chi connectivity index (χ4v) is 3.55. The Morgan fingerprint density at radius 2 is 1.80 bits per heavy atom. The van der Waals surface area contributed by atoms with Gasteiger partial charge in [-0.3, -0.25) is 0 Å². The maximum absolute atomic E-state index is 10.7. The van der Waals surface area contributed by atoms with Gasteiger partial charge in [-0.25, -0.2) is 0 Å². The Kier molecular flexibility index (Phi) is 4.94. The van der Waals surface area contributed by atoms with E-state index in [1.807, 2.05) is 0 Å². The summed E-state index contributed by atoms with van der Waals surface area (Å²) in [7, 11) is 3.12. The third-order valence-corrected chi connectivity index (χ3v) is 4.79. The Labute approximate surface area is 127 Å². The quantitative estimate of drug-likeness (QED) is 0.880. The Morgan fingerprint density at radius 1 is 1.15 bits per heavy atom. The summed E-state index contributed by atoms with van der Waals surface area (Å²) in [5.74, 6) is 1.14. The van der Waals surface area contributed by atoms with Gasteiger partial charge in [0, 0.05) is 5.56 Å². The van der Waals surface area contributed by atoms with Gasteiger partial charge in [-0.2, -0.15) is 0 Å². The van der Waals surface area contributed by atoms with Crippen molar-refractivity contribution >= 4 is 15.9 Å². The lowest BCUT2D eigenvalue weighted by atomic mass is 9.78. The zero-order chi connectivity index (χ0) is 14.8. The first-order valence-corrected chi connectivity index (χ1v) is 7.63. The van der Waals surface area contributed by atoms with Gasteiger partial charge in [0.25, 0.3) is 0 Å². The molecule has 0 spiro atoms. The van der Waals surface area contributed by atoms with Crippen LogP contribution in [0.4, 0.5) is 0 Å². The van der Waals surface area contributed by atoms with Crippen LogP contribution in [0.5, 0.6) is 11.5 Å². The average molecular weight is 345 g/mol. The van der Waals surface area contributed by atoms with E-state index < -0.39 is 11.7 Å². The van der Waals surface area contributed by atoms with E-state index in [1.54, 1.807) is 26.4 Å². The fraction of sp³-hybridized carbons (Fsp3) is 0.600. The van der Waals surface area contributed by atoms with Crippen molar-refractivity contribution in [1.29, 1.82) is 0 Å². The van der Waals surface area contributed by atoms with E-state index in [-0.39, 0.29) is 0 Å². The van der Waals surface area contributed by atoms with Crippen molar-refractivity contribution < 1.29 is 19.7 Å². The van der Waals surface area contributed by atoms with Gasteiger partial charge in [0.1, 0.15) is 22.1 Å². The minimum absolute atomic E-state index is 0.510. The standard InChI is InChI=1S/C15H21BrO4/c1-19-11-7-6-10(13(20-2)12(11)16)14(17)15(18)8-4-3-5-9-15/h6-7,14,17-18H,3-5,8-9H2,1-2H3. The predicted molar refractivity (Wildman–Crippen MR) is 80.2 cm³/mol. The number of methoxy groups -OCH3 is 2. The smallest absolute Gasteiger partial charge is 0.142 e. The predicted octanol–water partition coefficient (Wildman–Crippen LogP) is 3.19. The van der Waals surface area contributed by atoms with Crippen molar-refractivity contribution in [1.82, 2.24) is 0 Å². The zero-order valence-corrected chi connectivity index (χ0v) is 13.4. The second kappa shape index (κ2) is 6.33. The van der Waals surface area contributed by atoms with E-state index in [9.17, 15) is 10.2 Å². The lowest BCUT2D eigenvalue weighted by Gasteiger charge is -2.37. The summed E-state index contributed by atoms with van der Waals surface area (Å²) in [4.78, 5) is 0. The van der Waals surface area contributed by atoms with Crippen LogP contribution in [-0.2, 0) is 0 Å². The lowest BCUT2D eigenvalue weighted by Crippen LogP contribution is -2.38. The largest absolute Gasteiger partial charge is 0.495 e. The van der Waals surface area contributed by atoms with E-state index in [0.717, 1.165) is 19.3 Å². The molecule has 0 aromatic heterocycles. The molecule has 1 unspecified atom stereocenters. The van der Waals surface area contributed by atoms with E-state index in [4.69, 9.17) is 9.47 Å². The summed E-state index contributed by atoms with van der Waals surface area (Å²) in [5.41, 5.74) is -0.482. The van der Waals surface area contributed by atoms with Crippen molar-refractivity contribution in [2.45, 2.75) is 43.8 Å². The number of hydrogen-bond donors (Lipinski definition) is 2. The van der Waals surface area contributed by atoms with E-state index in [2.05, 4.69) is 15.9 Å². The molecule has 2 rings (SSSR count). The molecule has 0 saturated heterocycles. The molecule has 0 heterocycles. The molecule has 1 fully saturated rings. The highest BCUT2D eigenvalue weighted by molar-refractivity contribution is 9.10. The van der Waals surface area contributed by atoms with Crippen LogP contribution in [0.25, 0.3) is 0 Å². The van der Waals surface area contributed by atoms with Gasteiger partial charge in [0.15, 0.2) is 0 Å². The van der Waals surface area contributed by atoms with Crippen LogP contribution < -0.4 is 9.47 Å². The van der Waals surface area contributed by atoms with Gasteiger partial charge < -0.3 is 19.7 Å². The molecule has 1 aromatic carbocycles. The molecule has 1 saturated carbocycles. The third-order valence-electron chi connectivity index (χ3n) is 4.04. The molecule has 0 bridgehead atoms. The molecular formula is C15H21BrO4. The highest BCUT2D eigenvalue weighted by Crippen LogP contribution is 2.45. The third kappa shape index (κ3) is 2.80. The second-order valence-electron chi connectivity index (χ2n) is 5.27. The van der Waals surface area contributed by atoms with Gasteiger partial charge in [-0.05, 0) is 40.9 Å². The SMILES string of the molecule is COc1ccc(C(O)C2(O)CCCCC2)c(OC)c1Br. The zero-order valence-electron chi connectivity index (χ0n) is 11.9. The number of ether oxygens (including phenoxy) is 2. The monoisotopic (exact) mass is 344 g/mol. The van der Waals surface area contributed by atoms with Crippen LogP contribution in [0.3, 0.4) is 0 Å². The van der Waals surface area contributed by atoms with Gasteiger partial charge in [-0.1, -0.05) is 19.3 Å². The van der Waals surface area contributed by atoms with Crippen LogP contribution >= 0.6 is 15.9 Å². The van der Waals surface area contributed by atoms with Crippen molar-refractivity contribution in [3.8, 4) is 11.5 Å². The summed E-state index contributed by atoms with van der Waals surface area (Å²) in [5, 5.41) is 21.3. The molecule has 1 atom stereocenters. The van der Waals surface area contributed by atoms with Gasteiger partial charge >= 0.3 is 0 Å². The van der Waals surface area contributed by atoms with Gasteiger partial charge in [0.2, 0.25) is 0 Å². The number of rotatable bonds is 4. The van der Waals surface area contributed by atoms with Gasteiger partial charge in [-0.15, -0.1) is 0 Å². The van der Waals surface area contributed by atoms with Crippen molar-refractivity contribution in [3.63, 3.8) is 0 Å². The fourth-order valence-electron chi connectivity index (χ4n) is 2.86. The summed E-state index contributed by atoms with van der Waals surface area (Å²) in [6.45, 7) is 0. The first kappa shape index (κ1) is 15.6. The topological polar surface area (TPSA) is 58.9 Å². The molecule has 0 radical (unpaired) electrons. The van der Waals surface area contributed by atoms with Crippen LogP contribution in [0.15, 0.2) is 16.6 Å². The molecule has 4 nitrogen and oxygen atoms in total. The van der Waals surface area contributed by atoms with Crippen molar-refractivity contribution in [2.75, 3.05) is 14.2 Å². The molecule has 0 aliphatic heterocycles. The van der Waals surface area contributed by atoms with E-state index in [1.165, 1.54) is 0 Å². The number of aliphatic hydroxyl groups excluding tert-OH is 1. The summed E-state index contributed by atoms with van der Waals surface area (Å²) < 4.78 is 11.3. The lowest BCUT2D eigenvalue weighted by molar-refractivity contribution is -0.0998. The molecule has 20 heavy (non-hydrogen) atoms. The molecule has 1 aliphatic carbocycles. The second-order valence-corrected chi connectivity index (χ2v) is 6.06. The molecule has 5 heteroatoms. The number of benzene rings is 1. The number of hydrogen-bond acceptors (Lipinski definition) is 4. The summed E-state index contributed by atoms with van der Waals surface area (Å²) in [6, 6.07) is 3.51. The number of aliphatic hydroxyl groups is 2. The molecule has 0 amide bonds. The summed E-state index contributed by atoms with van der Waals surface area (Å²) in [6.07, 6.45) is 3.25. The van der Waals surface area contributed by atoms with Crippen LogP contribution in [0.1, 0.15) is 43.8 Å². The van der Waals surface area contributed by atoms with E-state index >= 15 is 0 Å². The van der Waals surface area contributed by atoms with Gasteiger partial charge in [0.05, 0.1) is 19.8 Å². The summed E-state index contributed by atoms with van der Waals surface area (Å²) >= 11 is 3.42. The first-order valence-electron chi connectivity index (χ1n) is 6.84. The Balaban J connectivity index is 2.38. The first-order chi connectivity index (χ1) is 9.53. The highest BCUT2D eigenvalue weighted by Gasteiger charge is 2.39. The van der Waals surface area contributed by atoms with Crippen LogP contribution in [0.2, 0.25) is 0 Å². The van der Waals surface area contributed by atoms with E-state index in [0.29, 0.717) is 34.4 Å². The minimum Gasteiger partial charge on any atom is -0.495 e. The maximum Gasteiger partial charge on any atom is 0.142 e. The number of halogens is 1. The molecule has 1 aromatic rings. The van der Waals surface area contributed by atoms with Crippen LogP contribution in [-0.4, -0.2) is 30.0 Å². The molecule has 2 N–H and O–H groups in total. The van der Waals surface area contributed by atoms with Crippen molar-refractivity contribution in [3.05, 3.63) is 22.2 Å². The Morgan fingerprint density at radius 3 is 2.35 bits per heavy atom. The van der Waals surface area contributed by atoms with Crippen LogP contribution in [0, 0.1) is 0 Å². The average Bonchev–Trinajstić information content (AvgIpc) is 2.47. The van der Waals surface area contributed by atoms with Crippen molar-refractivity contribution in [2.24, 2.45) is 0 Å². The minimum atomic E-state index is -1.07.